The first kappa shape index (κ1) is 13.6. The van der Waals surface area contributed by atoms with E-state index in [1.807, 2.05) is 0 Å². The lowest BCUT2D eigenvalue weighted by molar-refractivity contribution is -0.122. The maximum atomic E-state index is 12.9. The molecule has 2 aliphatic rings. The molecule has 3 nitrogen and oxygen atoms in total. The Morgan fingerprint density at radius 3 is 2.85 bits per heavy atom. The van der Waals surface area contributed by atoms with Gasteiger partial charge in [0.05, 0.1) is 0 Å². The second kappa shape index (κ2) is 5.92. The van der Waals surface area contributed by atoms with Crippen molar-refractivity contribution in [2.45, 2.75) is 25.2 Å². The van der Waals surface area contributed by atoms with Crippen molar-refractivity contribution in [2.24, 2.45) is 11.8 Å². The van der Waals surface area contributed by atoms with Crippen molar-refractivity contribution >= 4 is 5.91 Å². The van der Waals surface area contributed by atoms with E-state index in [-0.39, 0.29) is 23.6 Å². The first-order valence-corrected chi connectivity index (χ1v) is 7.48. The Hall–Kier alpha value is -1.42. The lowest BCUT2D eigenvalue weighted by Gasteiger charge is -2.09. The number of hydrogen-bond donors (Lipinski definition) is 2. The summed E-state index contributed by atoms with van der Waals surface area (Å²) in [4.78, 5) is 12.0. The molecule has 3 rings (SSSR count). The van der Waals surface area contributed by atoms with Gasteiger partial charge in [0.25, 0.3) is 0 Å². The Balaban J connectivity index is 1.41. The summed E-state index contributed by atoms with van der Waals surface area (Å²) in [6, 6.07) is 6.51. The summed E-state index contributed by atoms with van der Waals surface area (Å²) in [5, 5.41) is 6.38. The molecule has 1 amide bonds. The Labute approximate surface area is 118 Å². The predicted molar refractivity (Wildman–Crippen MR) is 75.9 cm³/mol. The van der Waals surface area contributed by atoms with Gasteiger partial charge in [0, 0.05) is 12.5 Å². The van der Waals surface area contributed by atoms with Gasteiger partial charge in [-0.25, -0.2) is 4.39 Å². The molecule has 1 aromatic carbocycles. The van der Waals surface area contributed by atoms with Crippen LogP contribution in [0.4, 0.5) is 4.39 Å². The Bertz CT molecular complexity index is 468. The van der Waals surface area contributed by atoms with Crippen molar-refractivity contribution in [3.8, 4) is 0 Å². The van der Waals surface area contributed by atoms with E-state index in [4.69, 9.17) is 0 Å². The molecule has 1 saturated carbocycles. The molecular weight excluding hydrogens is 255 g/mol. The van der Waals surface area contributed by atoms with Gasteiger partial charge in [-0.3, -0.25) is 4.79 Å². The van der Waals surface area contributed by atoms with Gasteiger partial charge < -0.3 is 10.6 Å². The summed E-state index contributed by atoms with van der Waals surface area (Å²) in [7, 11) is 0. The number of amides is 1. The number of benzene rings is 1. The van der Waals surface area contributed by atoms with Gasteiger partial charge in [-0.1, -0.05) is 12.1 Å². The van der Waals surface area contributed by atoms with Crippen molar-refractivity contribution in [1.29, 1.82) is 0 Å². The van der Waals surface area contributed by atoms with Crippen LogP contribution < -0.4 is 10.6 Å². The van der Waals surface area contributed by atoms with Gasteiger partial charge in [-0.15, -0.1) is 0 Å². The van der Waals surface area contributed by atoms with Crippen molar-refractivity contribution in [2.75, 3.05) is 19.6 Å². The van der Waals surface area contributed by atoms with Crippen LogP contribution in [0.2, 0.25) is 0 Å². The molecule has 1 aromatic rings. The molecule has 0 spiro atoms. The zero-order chi connectivity index (χ0) is 13.9. The molecule has 1 heterocycles. The maximum Gasteiger partial charge on any atom is 0.223 e. The van der Waals surface area contributed by atoms with E-state index < -0.39 is 0 Å². The second-order valence-electron chi connectivity index (χ2n) is 5.94. The molecule has 3 unspecified atom stereocenters. The molecular formula is C16H21FN2O. The molecule has 1 saturated heterocycles. The highest BCUT2D eigenvalue weighted by atomic mass is 19.1. The Morgan fingerprint density at radius 1 is 1.35 bits per heavy atom. The summed E-state index contributed by atoms with van der Waals surface area (Å²) in [5.74, 6) is 1.01. The van der Waals surface area contributed by atoms with Gasteiger partial charge in [0.1, 0.15) is 5.82 Å². The van der Waals surface area contributed by atoms with Crippen LogP contribution in [-0.4, -0.2) is 25.5 Å². The maximum absolute atomic E-state index is 12.9. The van der Waals surface area contributed by atoms with Crippen LogP contribution >= 0.6 is 0 Å². The molecule has 0 bridgehead atoms. The van der Waals surface area contributed by atoms with Crippen molar-refractivity contribution in [3.05, 3.63) is 35.6 Å². The molecule has 0 radical (unpaired) electrons. The highest BCUT2D eigenvalue weighted by Crippen LogP contribution is 2.47. The third kappa shape index (κ3) is 3.18. The minimum atomic E-state index is -0.222. The monoisotopic (exact) mass is 276 g/mol. The average molecular weight is 276 g/mol. The molecule has 0 aromatic heterocycles. The highest BCUT2D eigenvalue weighted by molar-refractivity contribution is 5.82. The second-order valence-corrected chi connectivity index (χ2v) is 5.94. The zero-order valence-corrected chi connectivity index (χ0v) is 11.6. The average Bonchev–Trinajstić information content (AvgIpc) is 3.08. The van der Waals surface area contributed by atoms with Crippen molar-refractivity contribution in [1.82, 2.24) is 10.6 Å². The zero-order valence-electron chi connectivity index (χ0n) is 11.6. The summed E-state index contributed by atoms with van der Waals surface area (Å²) in [5.41, 5.74) is 1.08. The van der Waals surface area contributed by atoms with Crippen LogP contribution in [0, 0.1) is 17.7 Å². The topological polar surface area (TPSA) is 41.1 Å². The predicted octanol–water partition coefficient (Wildman–Crippen LogP) is 2.04. The van der Waals surface area contributed by atoms with Crippen LogP contribution in [0.15, 0.2) is 24.3 Å². The number of carbonyl (C=O) groups excluding carboxylic acids is 1. The van der Waals surface area contributed by atoms with Crippen molar-refractivity contribution in [3.63, 3.8) is 0 Å². The number of rotatable bonds is 5. The largest absolute Gasteiger partial charge is 0.356 e. The fraction of sp³-hybridized carbons (Fsp3) is 0.562. The molecule has 1 aliphatic heterocycles. The SMILES string of the molecule is O=C(NCCC1CCNC1)C1CC1c1ccc(F)cc1. The molecule has 1 aliphatic carbocycles. The van der Waals surface area contributed by atoms with Gasteiger partial charge in [0.15, 0.2) is 0 Å². The van der Waals surface area contributed by atoms with Gasteiger partial charge in [-0.2, -0.15) is 0 Å². The van der Waals surface area contributed by atoms with Crippen LogP contribution in [0.1, 0.15) is 30.7 Å². The minimum absolute atomic E-state index is 0.0853. The van der Waals surface area contributed by atoms with E-state index in [1.54, 1.807) is 12.1 Å². The van der Waals surface area contributed by atoms with Crippen LogP contribution in [-0.2, 0) is 4.79 Å². The Kier molecular flexibility index (Phi) is 4.01. The molecule has 2 fully saturated rings. The summed E-state index contributed by atoms with van der Waals surface area (Å²) in [6.45, 7) is 2.96. The quantitative estimate of drug-likeness (QED) is 0.864. The van der Waals surface area contributed by atoms with E-state index in [9.17, 15) is 9.18 Å². The van der Waals surface area contributed by atoms with E-state index in [0.717, 1.165) is 38.0 Å². The van der Waals surface area contributed by atoms with E-state index >= 15 is 0 Å². The first-order chi connectivity index (χ1) is 9.74. The molecule has 108 valence electrons. The molecule has 2 N–H and O–H groups in total. The van der Waals surface area contributed by atoms with Crippen LogP contribution in [0.25, 0.3) is 0 Å². The number of nitrogens with one attached hydrogen (secondary N) is 2. The smallest absolute Gasteiger partial charge is 0.223 e. The normalized spacial score (nSPS) is 28.4. The summed E-state index contributed by atoms with van der Waals surface area (Å²) >= 11 is 0. The fourth-order valence-corrected chi connectivity index (χ4v) is 3.05. The minimum Gasteiger partial charge on any atom is -0.356 e. The van der Waals surface area contributed by atoms with E-state index in [1.165, 1.54) is 18.6 Å². The van der Waals surface area contributed by atoms with Crippen molar-refractivity contribution < 1.29 is 9.18 Å². The number of carbonyl (C=O) groups is 1. The van der Waals surface area contributed by atoms with E-state index in [0.29, 0.717) is 5.92 Å². The Morgan fingerprint density at radius 2 is 2.15 bits per heavy atom. The standard InChI is InChI=1S/C16H21FN2O/c17-13-3-1-12(2-4-13)14-9-15(14)16(20)19-8-6-11-5-7-18-10-11/h1-4,11,14-15,18H,5-10H2,(H,19,20). The first-order valence-electron chi connectivity index (χ1n) is 7.48. The molecule has 3 atom stereocenters. The lowest BCUT2D eigenvalue weighted by atomic mass is 10.1. The fourth-order valence-electron chi connectivity index (χ4n) is 3.05. The van der Waals surface area contributed by atoms with E-state index in [2.05, 4.69) is 10.6 Å². The number of hydrogen-bond acceptors (Lipinski definition) is 2. The van der Waals surface area contributed by atoms with Gasteiger partial charge >= 0.3 is 0 Å². The lowest BCUT2D eigenvalue weighted by Crippen LogP contribution is -2.28. The summed E-state index contributed by atoms with van der Waals surface area (Å²) < 4.78 is 12.9. The van der Waals surface area contributed by atoms with Crippen LogP contribution in [0.3, 0.4) is 0 Å². The molecule has 20 heavy (non-hydrogen) atoms. The molecule has 4 heteroatoms. The van der Waals surface area contributed by atoms with Gasteiger partial charge in [0.2, 0.25) is 5.91 Å². The summed E-state index contributed by atoms with van der Waals surface area (Å²) in [6.07, 6.45) is 3.17. The highest BCUT2D eigenvalue weighted by Gasteiger charge is 2.43. The number of halogens is 1. The third-order valence-corrected chi connectivity index (χ3v) is 4.44. The van der Waals surface area contributed by atoms with Gasteiger partial charge in [-0.05, 0) is 61.9 Å². The third-order valence-electron chi connectivity index (χ3n) is 4.44. The van der Waals surface area contributed by atoms with Crippen LogP contribution in [0.5, 0.6) is 0 Å².